The molecule has 0 saturated heterocycles. The van der Waals surface area contributed by atoms with Crippen LogP contribution in [0.4, 0.5) is 10.5 Å². The molecule has 0 heterocycles. The van der Waals surface area contributed by atoms with Gasteiger partial charge in [0.25, 0.3) is 5.91 Å². The standard InChI is InChI=1S/C20H23ClN2O3/c1-13(16-7-5-6-8-17(16)21)22-18(24)14-9-11-15(12-10-14)23-19(25)26-20(2,3)4/h5-13H,1-4H3,(H,22,24)(H,23,25). The first-order valence-electron chi connectivity index (χ1n) is 8.31. The fourth-order valence-corrected chi connectivity index (χ4v) is 2.61. The quantitative estimate of drug-likeness (QED) is 0.774. The molecule has 138 valence electrons. The molecule has 1 atom stereocenters. The molecule has 0 spiro atoms. The van der Waals surface area contributed by atoms with Gasteiger partial charge in [-0.15, -0.1) is 0 Å². The second-order valence-electron chi connectivity index (χ2n) is 6.92. The Morgan fingerprint density at radius 2 is 1.65 bits per heavy atom. The zero-order chi connectivity index (χ0) is 19.3. The highest BCUT2D eigenvalue weighted by atomic mass is 35.5. The lowest BCUT2D eigenvalue weighted by molar-refractivity contribution is 0.0635. The average molecular weight is 375 g/mol. The molecule has 2 aromatic carbocycles. The van der Waals surface area contributed by atoms with Crippen LogP contribution >= 0.6 is 11.6 Å². The van der Waals surface area contributed by atoms with E-state index in [4.69, 9.17) is 16.3 Å². The van der Waals surface area contributed by atoms with Gasteiger partial charge in [-0.25, -0.2) is 4.79 Å². The number of hydrogen-bond acceptors (Lipinski definition) is 3. The van der Waals surface area contributed by atoms with Gasteiger partial charge in [-0.1, -0.05) is 29.8 Å². The van der Waals surface area contributed by atoms with Crippen LogP contribution in [0.3, 0.4) is 0 Å². The van der Waals surface area contributed by atoms with E-state index in [-0.39, 0.29) is 11.9 Å². The highest BCUT2D eigenvalue weighted by Gasteiger charge is 2.17. The number of carbonyl (C=O) groups excluding carboxylic acids is 2. The summed E-state index contributed by atoms with van der Waals surface area (Å²) in [5, 5.41) is 6.15. The van der Waals surface area contributed by atoms with Crippen molar-refractivity contribution in [3.63, 3.8) is 0 Å². The zero-order valence-corrected chi connectivity index (χ0v) is 16.1. The van der Waals surface area contributed by atoms with Crippen molar-refractivity contribution in [2.24, 2.45) is 0 Å². The van der Waals surface area contributed by atoms with Crippen LogP contribution in [0.25, 0.3) is 0 Å². The fourth-order valence-electron chi connectivity index (χ4n) is 2.31. The Hall–Kier alpha value is -2.53. The number of benzene rings is 2. The Bertz CT molecular complexity index is 782. The highest BCUT2D eigenvalue weighted by Crippen LogP contribution is 2.22. The maximum atomic E-state index is 12.4. The fraction of sp³-hybridized carbons (Fsp3) is 0.300. The number of nitrogens with one attached hydrogen (secondary N) is 2. The molecule has 0 radical (unpaired) electrons. The van der Waals surface area contributed by atoms with Crippen LogP contribution < -0.4 is 10.6 Å². The Morgan fingerprint density at radius 3 is 2.23 bits per heavy atom. The Balaban J connectivity index is 1.98. The number of anilines is 1. The van der Waals surface area contributed by atoms with Crippen LogP contribution in [0.5, 0.6) is 0 Å². The van der Waals surface area contributed by atoms with Crippen LogP contribution in [0.15, 0.2) is 48.5 Å². The SMILES string of the molecule is CC(NC(=O)c1ccc(NC(=O)OC(C)(C)C)cc1)c1ccccc1Cl. The van der Waals surface area contributed by atoms with Crippen molar-refractivity contribution in [1.82, 2.24) is 5.32 Å². The predicted octanol–water partition coefficient (Wildman–Crippen LogP) is 5.18. The minimum atomic E-state index is -0.571. The number of carbonyl (C=O) groups is 2. The van der Waals surface area contributed by atoms with E-state index in [1.165, 1.54) is 0 Å². The molecule has 0 fully saturated rings. The van der Waals surface area contributed by atoms with Crippen molar-refractivity contribution in [1.29, 1.82) is 0 Å². The molecule has 0 bridgehead atoms. The summed E-state index contributed by atoms with van der Waals surface area (Å²) in [6.07, 6.45) is -0.540. The third-order valence-corrected chi connectivity index (χ3v) is 3.86. The van der Waals surface area contributed by atoms with Gasteiger partial charge in [0.2, 0.25) is 0 Å². The molecule has 2 amide bonds. The lowest BCUT2D eigenvalue weighted by atomic mass is 10.1. The van der Waals surface area contributed by atoms with Gasteiger partial charge in [-0.3, -0.25) is 10.1 Å². The van der Waals surface area contributed by atoms with Gasteiger partial charge in [0.15, 0.2) is 0 Å². The molecule has 0 aromatic heterocycles. The van der Waals surface area contributed by atoms with E-state index in [9.17, 15) is 9.59 Å². The molecule has 6 heteroatoms. The smallest absolute Gasteiger partial charge is 0.412 e. The third-order valence-electron chi connectivity index (χ3n) is 3.51. The maximum absolute atomic E-state index is 12.4. The maximum Gasteiger partial charge on any atom is 0.412 e. The Labute approximate surface area is 158 Å². The molecule has 26 heavy (non-hydrogen) atoms. The van der Waals surface area contributed by atoms with Crippen LogP contribution in [-0.4, -0.2) is 17.6 Å². The summed E-state index contributed by atoms with van der Waals surface area (Å²) < 4.78 is 5.19. The molecule has 1 unspecified atom stereocenters. The molecule has 2 aromatic rings. The first-order valence-corrected chi connectivity index (χ1v) is 8.69. The lowest BCUT2D eigenvalue weighted by Crippen LogP contribution is -2.27. The number of ether oxygens (including phenoxy) is 1. The molecule has 2 rings (SSSR count). The van der Waals surface area contributed by atoms with Crippen molar-refractivity contribution < 1.29 is 14.3 Å². The summed E-state index contributed by atoms with van der Waals surface area (Å²) >= 11 is 6.16. The summed E-state index contributed by atoms with van der Waals surface area (Å²) in [5.41, 5.74) is 1.32. The van der Waals surface area contributed by atoms with Gasteiger partial charge >= 0.3 is 6.09 Å². The predicted molar refractivity (Wildman–Crippen MR) is 104 cm³/mol. The second kappa shape index (κ2) is 8.23. The van der Waals surface area contributed by atoms with Crippen molar-refractivity contribution in [3.05, 3.63) is 64.7 Å². The lowest BCUT2D eigenvalue weighted by Gasteiger charge is -2.19. The zero-order valence-electron chi connectivity index (χ0n) is 15.3. The first kappa shape index (κ1) is 19.8. The molecule has 0 aliphatic heterocycles. The summed E-state index contributed by atoms with van der Waals surface area (Å²) in [6, 6.07) is 13.7. The van der Waals surface area contributed by atoms with Gasteiger partial charge in [0.05, 0.1) is 6.04 Å². The van der Waals surface area contributed by atoms with E-state index in [2.05, 4.69) is 10.6 Å². The van der Waals surface area contributed by atoms with E-state index < -0.39 is 11.7 Å². The van der Waals surface area contributed by atoms with Gasteiger partial charge in [-0.05, 0) is 63.6 Å². The van der Waals surface area contributed by atoms with Crippen molar-refractivity contribution >= 4 is 29.3 Å². The summed E-state index contributed by atoms with van der Waals surface area (Å²) in [4.78, 5) is 24.2. The van der Waals surface area contributed by atoms with E-state index >= 15 is 0 Å². The molecule has 0 aliphatic rings. The topological polar surface area (TPSA) is 67.4 Å². The van der Waals surface area contributed by atoms with Crippen LogP contribution in [0.2, 0.25) is 5.02 Å². The third kappa shape index (κ3) is 5.77. The van der Waals surface area contributed by atoms with Crippen molar-refractivity contribution in [3.8, 4) is 0 Å². The molecule has 0 saturated carbocycles. The summed E-state index contributed by atoms with van der Waals surface area (Å²) in [7, 11) is 0. The second-order valence-corrected chi connectivity index (χ2v) is 7.33. The first-order chi connectivity index (χ1) is 12.2. The number of halogens is 1. The van der Waals surface area contributed by atoms with Gasteiger partial charge in [0.1, 0.15) is 5.60 Å². The largest absolute Gasteiger partial charge is 0.444 e. The number of hydrogen-bond donors (Lipinski definition) is 2. The minimum Gasteiger partial charge on any atom is -0.444 e. The van der Waals surface area contributed by atoms with Gasteiger partial charge < -0.3 is 10.1 Å². The number of amides is 2. The minimum absolute atomic E-state index is 0.221. The Morgan fingerprint density at radius 1 is 1.04 bits per heavy atom. The van der Waals surface area contributed by atoms with Gasteiger partial charge in [-0.2, -0.15) is 0 Å². The van der Waals surface area contributed by atoms with Gasteiger partial charge in [0, 0.05) is 16.3 Å². The van der Waals surface area contributed by atoms with Crippen molar-refractivity contribution in [2.75, 3.05) is 5.32 Å². The Kier molecular flexibility index (Phi) is 6.27. The highest BCUT2D eigenvalue weighted by molar-refractivity contribution is 6.31. The monoisotopic (exact) mass is 374 g/mol. The van der Waals surface area contributed by atoms with E-state index in [1.54, 1.807) is 51.1 Å². The van der Waals surface area contributed by atoms with Crippen LogP contribution in [-0.2, 0) is 4.74 Å². The summed E-state index contributed by atoms with van der Waals surface area (Å²) in [6.45, 7) is 7.25. The van der Waals surface area contributed by atoms with E-state index in [1.807, 2.05) is 25.1 Å². The van der Waals surface area contributed by atoms with Crippen LogP contribution in [0, 0.1) is 0 Å². The summed E-state index contributed by atoms with van der Waals surface area (Å²) in [5.74, 6) is -0.221. The van der Waals surface area contributed by atoms with E-state index in [0.717, 1.165) is 5.56 Å². The van der Waals surface area contributed by atoms with Crippen LogP contribution in [0.1, 0.15) is 49.7 Å². The normalized spacial score (nSPS) is 12.2. The molecular formula is C20H23ClN2O3. The molecule has 5 nitrogen and oxygen atoms in total. The van der Waals surface area contributed by atoms with Crippen molar-refractivity contribution in [2.45, 2.75) is 39.3 Å². The molecule has 2 N–H and O–H groups in total. The average Bonchev–Trinajstić information content (AvgIpc) is 2.53. The molecular weight excluding hydrogens is 352 g/mol. The van der Waals surface area contributed by atoms with E-state index in [0.29, 0.717) is 16.3 Å². The number of rotatable bonds is 4. The molecule has 0 aliphatic carbocycles.